The first kappa shape index (κ1) is 18.4. The molecule has 5 rings (SSSR count). The van der Waals surface area contributed by atoms with E-state index in [0.29, 0.717) is 28.9 Å². The zero-order valence-corrected chi connectivity index (χ0v) is 16.4. The number of piperidine rings is 1. The molecule has 0 bridgehead atoms. The molecule has 1 aromatic heterocycles. The van der Waals surface area contributed by atoms with Gasteiger partial charge in [0, 0.05) is 31.4 Å². The molecule has 1 aromatic carbocycles. The van der Waals surface area contributed by atoms with Crippen LogP contribution in [0.3, 0.4) is 0 Å². The van der Waals surface area contributed by atoms with Gasteiger partial charge in [-0.25, -0.2) is 4.39 Å². The van der Waals surface area contributed by atoms with E-state index in [1.54, 1.807) is 6.20 Å². The van der Waals surface area contributed by atoms with E-state index in [4.69, 9.17) is 9.94 Å². The monoisotopic (exact) mass is 400 g/mol. The number of hydrogen-bond donors (Lipinski definition) is 2. The van der Waals surface area contributed by atoms with Crippen LogP contribution in [0.15, 0.2) is 22.2 Å². The third-order valence-corrected chi connectivity index (χ3v) is 6.48. The Hall–Kier alpha value is -2.61. The lowest BCUT2D eigenvalue weighted by atomic mass is 9.94. The second-order valence-corrected chi connectivity index (χ2v) is 8.30. The number of halogens is 1. The standard InChI is InChI=1S/C21H25FN4O3/c1-29-21-18-15(20(27)13(8-24-28)10-26(18)14-4-5-14)7-16(22)19(21)25-9-12-3-2-6-23-17(12)11-25/h7-8,10,12,14,17,23,28H,2-6,9,11H2,1H3/b24-8+/t12-,17+/m0/s1. The van der Waals surface area contributed by atoms with Crippen LogP contribution in [0.4, 0.5) is 10.1 Å². The lowest BCUT2D eigenvalue weighted by Gasteiger charge is -2.25. The molecule has 7 nitrogen and oxygen atoms in total. The SMILES string of the molecule is COc1c(N2C[C@@H]3CCCN[C@@H]3C2)c(F)cc2c(=O)c(/C=N/O)cn(C3CC3)c12. The van der Waals surface area contributed by atoms with E-state index in [0.717, 1.165) is 51.5 Å². The Morgan fingerprint density at radius 1 is 1.34 bits per heavy atom. The van der Waals surface area contributed by atoms with Crippen LogP contribution in [0.25, 0.3) is 10.9 Å². The number of methoxy groups -OCH3 is 1. The molecule has 2 N–H and O–H groups in total. The maximum Gasteiger partial charge on any atom is 0.198 e. The van der Waals surface area contributed by atoms with Crippen LogP contribution in [0.2, 0.25) is 0 Å². The number of pyridine rings is 1. The van der Waals surface area contributed by atoms with Crippen LogP contribution < -0.4 is 20.4 Å². The summed E-state index contributed by atoms with van der Waals surface area (Å²) in [5.74, 6) is 0.456. The number of rotatable bonds is 4. The van der Waals surface area contributed by atoms with Crippen molar-refractivity contribution in [3.8, 4) is 5.75 Å². The Bertz CT molecular complexity index is 1030. The number of benzene rings is 1. The summed E-state index contributed by atoms with van der Waals surface area (Å²) in [7, 11) is 1.53. The van der Waals surface area contributed by atoms with Crippen molar-refractivity contribution >= 4 is 22.8 Å². The minimum absolute atomic E-state index is 0.234. The first-order valence-corrected chi connectivity index (χ1v) is 10.2. The third-order valence-electron chi connectivity index (χ3n) is 6.48. The highest BCUT2D eigenvalue weighted by molar-refractivity contribution is 5.95. The maximum absolute atomic E-state index is 15.4. The van der Waals surface area contributed by atoms with Crippen LogP contribution in [0.5, 0.6) is 5.75 Å². The van der Waals surface area contributed by atoms with Crippen molar-refractivity contribution in [3.05, 3.63) is 33.9 Å². The topological polar surface area (TPSA) is 79.1 Å². The minimum Gasteiger partial charge on any atom is -0.492 e. The second kappa shape index (κ2) is 7.02. The van der Waals surface area contributed by atoms with E-state index in [9.17, 15) is 4.79 Å². The highest BCUT2D eigenvalue weighted by Crippen LogP contribution is 2.44. The van der Waals surface area contributed by atoms with Gasteiger partial charge in [-0.1, -0.05) is 5.16 Å². The van der Waals surface area contributed by atoms with E-state index in [1.165, 1.54) is 13.2 Å². The second-order valence-electron chi connectivity index (χ2n) is 8.30. The van der Waals surface area contributed by atoms with Crippen molar-refractivity contribution in [1.82, 2.24) is 9.88 Å². The molecule has 2 atom stereocenters. The molecule has 2 aliphatic heterocycles. The Morgan fingerprint density at radius 2 is 2.17 bits per heavy atom. The molecule has 1 saturated carbocycles. The number of hydrogen-bond acceptors (Lipinski definition) is 6. The Labute approximate surface area is 167 Å². The Kier molecular flexibility index (Phi) is 4.46. The van der Waals surface area contributed by atoms with Gasteiger partial charge in [0.15, 0.2) is 17.0 Å². The summed E-state index contributed by atoms with van der Waals surface area (Å²) in [6, 6.07) is 1.91. The Balaban J connectivity index is 1.72. The number of fused-ring (bicyclic) bond motifs is 2. The molecule has 154 valence electrons. The molecule has 0 radical (unpaired) electrons. The molecule has 2 saturated heterocycles. The molecule has 0 spiro atoms. The molecule has 2 aromatic rings. The summed E-state index contributed by atoms with van der Waals surface area (Å²) in [4.78, 5) is 15.0. The van der Waals surface area contributed by atoms with Crippen molar-refractivity contribution in [1.29, 1.82) is 0 Å². The molecule has 3 aliphatic rings. The van der Waals surface area contributed by atoms with Gasteiger partial charge in [-0.2, -0.15) is 0 Å². The summed E-state index contributed by atoms with van der Waals surface area (Å²) < 4.78 is 23.1. The fourth-order valence-corrected chi connectivity index (χ4v) is 4.98. The highest BCUT2D eigenvalue weighted by Gasteiger charge is 2.37. The molecular formula is C21H25FN4O3. The summed E-state index contributed by atoms with van der Waals surface area (Å²) in [5.41, 5.74) is 0.926. The summed E-state index contributed by atoms with van der Waals surface area (Å²) >= 11 is 0. The van der Waals surface area contributed by atoms with E-state index in [2.05, 4.69) is 15.4 Å². The van der Waals surface area contributed by atoms with Gasteiger partial charge in [0.25, 0.3) is 0 Å². The van der Waals surface area contributed by atoms with E-state index in [1.807, 2.05) is 4.57 Å². The van der Waals surface area contributed by atoms with E-state index < -0.39 is 5.82 Å². The molecule has 3 fully saturated rings. The number of nitrogens with zero attached hydrogens (tertiary/aromatic N) is 3. The number of nitrogens with one attached hydrogen (secondary N) is 1. The van der Waals surface area contributed by atoms with E-state index >= 15 is 4.39 Å². The predicted molar refractivity (Wildman–Crippen MR) is 109 cm³/mol. The predicted octanol–water partition coefficient (Wildman–Crippen LogP) is 2.48. The molecular weight excluding hydrogens is 375 g/mol. The van der Waals surface area contributed by atoms with Gasteiger partial charge in [0.1, 0.15) is 5.69 Å². The smallest absolute Gasteiger partial charge is 0.198 e. The van der Waals surface area contributed by atoms with Crippen LogP contribution in [-0.2, 0) is 0 Å². The summed E-state index contributed by atoms with van der Waals surface area (Å²) in [6.07, 6.45) is 7.06. The van der Waals surface area contributed by atoms with Crippen molar-refractivity contribution in [2.45, 2.75) is 37.8 Å². The zero-order valence-electron chi connectivity index (χ0n) is 16.4. The van der Waals surface area contributed by atoms with Gasteiger partial charge in [-0.05, 0) is 44.2 Å². The fourth-order valence-electron chi connectivity index (χ4n) is 4.98. The molecule has 0 amide bonds. The van der Waals surface area contributed by atoms with Gasteiger partial charge >= 0.3 is 0 Å². The zero-order chi connectivity index (χ0) is 20.1. The van der Waals surface area contributed by atoms with Crippen molar-refractivity contribution in [3.63, 3.8) is 0 Å². The Morgan fingerprint density at radius 3 is 2.86 bits per heavy atom. The van der Waals surface area contributed by atoms with Crippen molar-refractivity contribution in [2.75, 3.05) is 31.6 Å². The normalized spacial score (nSPS) is 24.4. The van der Waals surface area contributed by atoms with Crippen molar-refractivity contribution < 1.29 is 14.3 Å². The first-order chi connectivity index (χ1) is 14.1. The summed E-state index contributed by atoms with van der Waals surface area (Å²) in [5, 5.41) is 15.7. The summed E-state index contributed by atoms with van der Waals surface area (Å²) in [6.45, 7) is 2.51. The molecule has 3 heterocycles. The fraction of sp³-hybridized carbons (Fsp3) is 0.524. The number of anilines is 1. The third kappa shape index (κ3) is 2.97. The number of ether oxygens (including phenoxy) is 1. The molecule has 8 heteroatoms. The van der Waals surface area contributed by atoms with Crippen LogP contribution in [0.1, 0.15) is 37.3 Å². The van der Waals surface area contributed by atoms with Crippen molar-refractivity contribution in [2.24, 2.45) is 11.1 Å². The van der Waals surface area contributed by atoms with Gasteiger partial charge in [0.2, 0.25) is 0 Å². The minimum atomic E-state index is -0.453. The molecule has 0 unspecified atom stereocenters. The van der Waals surface area contributed by atoms with Crippen LogP contribution >= 0.6 is 0 Å². The van der Waals surface area contributed by atoms with E-state index in [-0.39, 0.29) is 22.4 Å². The molecule has 1 aliphatic carbocycles. The quantitative estimate of drug-likeness (QED) is 0.468. The lowest BCUT2D eigenvalue weighted by molar-refractivity contribution is 0.322. The van der Waals surface area contributed by atoms with Crippen LogP contribution in [0, 0.1) is 11.7 Å². The largest absolute Gasteiger partial charge is 0.492 e. The highest BCUT2D eigenvalue weighted by atomic mass is 19.1. The molecule has 29 heavy (non-hydrogen) atoms. The van der Waals surface area contributed by atoms with Gasteiger partial charge in [-0.15, -0.1) is 0 Å². The lowest BCUT2D eigenvalue weighted by Crippen LogP contribution is -2.40. The van der Waals surface area contributed by atoms with Gasteiger partial charge < -0.3 is 24.7 Å². The number of aromatic nitrogens is 1. The maximum atomic E-state index is 15.4. The van der Waals surface area contributed by atoms with Crippen LogP contribution in [-0.4, -0.2) is 48.8 Å². The average Bonchev–Trinajstić information content (AvgIpc) is 3.47. The average molecular weight is 400 g/mol. The first-order valence-electron chi connectivity index (χ1n) is 10.2. The number of oxime groups is 1. The van der Waals surface area contributed by atoms with Gasteiger partial charge in [-0.3, -0.25) is 4.79 Å². The van der Waals surface area contributed by atoms with Gasteiger partial charge in [0.05, 0.1) is 29.8 Å².